The molecule has 0 saturated heterocycles. The normalized spacial score (nSPS) is 11.3. The highest BCUT2D eigenvalue weighted by Gasteiger charge is 2.09. The summed E-state index contributed by atoms with van der Waals surface area (Å²) in [5.41, 5.74) is 0.411. The number of amidine groups is 1. The highest BCUT2D eigenvalue weighted by atomic mass is 14.9. The topological polar surface area (TPSA) is 35.9 Å². The van der Waals surface area contributed by atoms with E-state index in [2.05, 4.69) is 26.1 Å². The van der Waals surface area contributed by atoms with Gasteiger partial charge in [0.1, 0.15) is 0 Å². The summed E-state index contributed by atoms with van der Waals surface area (Å²) >= 11 is 0. The molecular formula is C9H20N2. The fourth-order valence-electron chi connectivity index (χ4n) is 0.920. The SMILES string of the molecule is CNC(=N)CCCC(C)(C)C. The van der Waals surface area contributed by atoms with E-state index < -0.39 is 0 Å². The molecule has 2 nitrogen and oxygen atoms in total. The van der Waals surface area contributed by atoms with E-state index in [9.17, 15) is 0 Å². The van der Waals surface area contributed by atoms with Gasteiger partial charge >= 0.3 is 0 Å². The van der Waals surface area contributed by atoms with E-state index in [0.717, 1.165) is 12.8 Å². The molecular weight excluding hydrogens is 136 g/mol. The Morgan fingerprint density at radius 1 is 1.36 bits per heavy atom. The first-order chi connectivity index (χ1) is 4.95. The molecule has 0 aliphatic rings. The van der Waals surface area contributed by atoms with Crippen LogP contribution in [-0.4, -0.2) is 12.9 Å². The molecule has 0 aliphatic heterocycles. The van der Waals surface area contributed by atoms with Crippen molar-refractivity contribution in [3.8, 4) is 0 Å². The van der Waals surface area contributed by atoms with Crippen LogP contribution in [0.5, 0.6) is 0 Å². The van der Waals surface area contributed by atoms with Crippen LogP contribution < -0.4 is 5.32 Å². The predicted octanol–water partition coefficient (Wildman–Crippen LogP) is 2.40. The van der Waals surface area contributed by atoms with Crippen molar-refractivity contribution in [2.75, 3.05) is 7.05 Å². The minimum atomic E-state index is 0.411. The summed E-state index contributed by atoms with van der Waals surface area (Å²) in [5.74, 6) is 0.647. The number of rotatable bonds is 3. The van der Waals surface area contributed by atoms with Gasteiger partial charge in [-0.25, -0.2) is 0 Å². The molecule has 0 saturated carbocycles. The van der Waals surface area contributed by atoms with Crippen molar-refractivity contribution in [1.82, 2.24) is 5.32 Å². The van der Waals surface area contributed by atoms with Crippen LogP contribution in [0.1, 0.15) is 40.0 Å². The highest BCUT2D eigenvalue weighted by molar-refractivity contribution is 5.78. The first-order valence-corrected chi connectivity index (χ1v) is 4.21. The molecule has 0 fully saturated rings. The maximum Gasteiger partial charge on any atom is 0.0928 e. The molecule has 0 aromatic heterocycles. The van der Waals surface area contributed by atoms with E-state index in [4.69, 9.17) is 5.41 Å². The van der Waals surface area contributed by atoms with Crippen LogP contribution in [0.4, 0.5) is 0 Å². The summed E-state index contributed by atoms with van der Waals surface area (Å²) in [6.07, 6.45) is 3.19. The average Bonchev–Trinajstić information content (AvgIpc) is 1.85. The van der Waals surface area contributed by atoms with Crippen molar-refractivity contribution in [3.05, 3.63) is 0 Å². The van der Waals surface area contributed by atoms with Crippen molar-refractivity contribution in [3.63, 3.8) is 0 Å². The van der Waals surface area contributed by atoms with Gasteiger partial charge in [0.15, 0.2) is 0 Å². The fourth-order valence-corrected chi connectivity index (χ4v) is 0.920. The molecule has 0 aromatic carbocycles. The zero-order valence-electron chi connectivity index (χ0n) is 8.12. The first kappa shape index (κ1) is 10.5. The van der Waals surface area contributed by atoms with Gasteiger partial charge in [0, 0.05) is 13.5 Å². The molecule has 0 spiro atoms. The Hall–Kier alpha value is -0.530. The Morgan fingerprint density at radius 3 is 2.27 bits per heavy atom. The lowest BCUT2D eigenvalue weighted by Crippen LogP contribution is -2.17. The lowest BCUT2D eigenvalue weighted by Gasteiger charge is -2.17. The van der Waals surface area contributed by atoms with Crippen molar-refractivity contribution in [1.29, 1.82) is 5.41 Å². The quantitative estimate of drug-likeness (QED) is 0.477. The predicted molar refractivity (Wildman–Crippen MR) is 50.1 cm³/mol. The van der Waals surface area contributed by atoms with Gasteiger partial charge in [0.05, 0.1) is 5.84 Å². The Labute approximate surface area is 69.9 Å². The van der Waals surface area contributed by atoms with Crippen molar-refractivity contribution < 1.29 is 0 Å². The highest BCUT2D eigenvalue weighted by Crippen LogP contribution is 2.21. The smallest absolute Gasteiger partial charge is 0.0928 e. The van der Waals surface area contributed by atoms with E-state index >= 15 is 0 Å². The summed E-state index contributed by atoms with van der Waals surface area (Å²) in [7, 11) is 1.80. The Morgan fingerprint density at radius 2 is 1.91 bits per heavy atom. The van der Waals surface area contributed by atoms with Gasteiger partial charge in [-0.2, -0.15) is 0 Å². The van der Waals surface area contributed by atoms with E-state index in [0.29, 0.717) is 11.3 Å². The summed E-state index contributed by atoms with van der Waals surface area (Å²) in [5, 5.41) is 10.2. The zero-order valence-corrected chi connectivity index (χ0v) is 8.12. The maximum absolute atomic E-state index is 7.33. The fraction of sp³-hybridized carbons (Fsp3) is 0.889. The molecule has 0 amide bonds. The van der Waals surface area contributed by atoms with E-state index in [1.165, 1.54) is 6.42 Å². The lowest BCUT2D eigenvalue weighted by molar-refractivity contribution is 0.368. The second-order valence-corrected chi connectivity index (χ2v) is 4.14. The van der Waals surface area contributed by atoms with Crippen LogP contribution in [0.25, 0.3) is 0 Å². The summed E-state index contributed by atoms with van der Waals surface area (Å²) in [6, 6.07) is 0. The van der Waals surface area contributed by atoms with Crippen LogP contribution in [0.15, 0.2) is 0 Å². The van der Waals surface area contributed by atoms with Crippen molar-refractivity contribution in [2.24, 2.45) is 5.41 Å². The number of nitrogens with one attached hydrogen (secondary N) is 2. The summed E-state index contributed by atoms with van der Waals surface area (Å²) in [4.78, 5) is 0. The number of hydrogen-bond donors (Lipinski definition) is 2. The minimum absolute atomic E-state index is 0.411. The third kappa shape index (κ3) is 7.37. The van der Waals surface area contributed by atoms with E-state index in [1.807, 2.05) is 0 Å². The summed E-state index contributed by atoms with van der Waals surface area (Å²) in [6.45, 7) is 6.70. The molecule has 0 heterocycles. The molecule has 0 rings (SSSR count). The second-order valence-electron chi connectivity index (χ2n) is 4.14. The van der Waals surface area contributed by atoms with Gasteiger partial charge in [0.25, 0.3) is 0 Å². The molecule has 11 heavy (non-hydrogen) atoms. The Bertz CT molecular complexity index is 122. The molecule has 2 heteroatoms. The third-order valence-corrected chi connectivity index (χ3v) is 1.66. The van der Waals surface area contributed by atoms with Gasteiger partial charge in [-0.3, -0.25) is 5.41 Å². The van der Waals surface area contributed by atoms with Crippen LogP contribution >= 0.6 is 0 Å². The average molecular weight is 156 g/mol. The van der Waals surface area contributed by atoms with Crippen LogP contribution in [0.2, 0.25) is 0 Å². The van der Waals surface area contributed by atoms with Gasteiger partial charge < -0.3 is 5.32 Å². The van der Waals surface area contributed by atoms with Gasteiger partial charge in [0.2, 0.25) is 0 Å². The molecule has 0 atom stereocenters. The first-order valence-electron chi connectivity index (χ1n) is 4.21. The molecule has 0 aliphatic carbocycles. The molecule has 0 unspecified atom stereocenters. The van der Waals surface area contributed by atoms with Crippen LogP contribution in [-0.2, 0) is 0 Å². The summed E-state index contributed by atoms with van der Waals surface area (Å²) < 4.78 is 0. The molecule has 0 aromatic rings. The van der Waals surface area contributed by atoms with Crippen molar-refractivity contribution in [2.45, 2.75) is 40.0 Å². The third-order valence-electron chi connectivity index (χ3n) is 1.66. The standard InChI is InChI=1S/C9H20N2/c1-9(2,3)7-5-6-8(10)11-4/h5-7H2,1-4H3,(H2,10,11). The maximum atomic E-state index is 7.33. The Kier molecular flexibility index (Phi) is 4.16. The minimum Gasteiger partial charge on any atom is -0.377 e. The lowest BCUT2D eigenvalue weighted by atomic mass is 9.90. The molecule has 2 N–H and O–H groups in total. The number of hydrogen-bond acceptors (Lipinski definition) is 1. The van der Waals surface area contributed by atoms with Gasteiger partial charge in [-0.1, -0.05) is 20.8 Å². The second kappa shape index (κ2) is 4.37. The monoisotopic (exact) mass is 156 g/mol. The molecule has 0 bridgehead atoms. The van der Waals surface area contributed by atoms with Crippen molar-refractivity contribution >= 4 is 5.84 Å². The van der Waals surface area contributed by atoms with E-state index in [1.54, 1.807) is 7.05 Å². The van der Waals surface area contributed by atoms with Crippen LogP contribution in [0.3, 0.4) is 0 Å². The largest absolute Gasteiger partial charge is 0.377 e. The van der Waals surface area contributed by atoms with Crippen LogP contribution in [0, 0.1) is 10.8 Å². The molecule has 66 valence electrons. The van der Waals surface area contributed by atoms with Gasteiger partial charge in [-0.15, -0.1) is 0 Å². The van der Waals surface area contributed by atoms with Gasteiger partial charge in [-0.05, 0) is 18.3 Å². The molecule has 0 radical (unpaired) electrons. The Balaban J connectivity index is 3.35. The zero-order chi connectivity index (χ0) is 8.91. The van der Waals surface area contributed by atoms with E-state index in [-0.39, 0.29) is 0 Å².